The second-order valence-corrected chi connectivity index (χ2v) is 4.38. The number of hydrogen-bond acceptors (Lipinski definition) is 3. The third-order valence-electron chi connectivity index (χ3n) is 3.40. The molecular weight excluding hydrogens is 214 g/mol. The summed E-state index contributed by atoms with van der Waals surface area (Å²) in [4.78, 5) is 13.9. The van der Waals surface area contributed by atoms with Gasteiger partial charge in [0.1, 0.15) is 6.04 Å². The number of esters is 1. The summed E-state index contributed by atoms with van der Waals surface area (Å²) in [6, 6.07) is 10.5. The largest absolute Gasteiger partial charge is 0.465 e. The maximum atomic E-state index is 11.7. The lowest BCUT2D eigenvalue weighted by atomic mass is 9.96. The molecule has 0 aromatic heterocycles. The average molecular weight is 233 g/mol. The molecule has 92 valence electrons. The van der Waals surface area contributed by atoms with Gasteiger partial charge >= 0.3 is 5.97 Å². The molecule has 3 nitrogen and oxygen atoms in total. The van der Waals surface area contributed by atoms with Crippen LogP contribution in [0.25, 0.3) is 0 Å². The van der Waals surface area contributed by atoms with Gasteiger partial charge in [-0.2, -0.15) is 0 Å². The minimum absolute atomic E-state index is 0.0508. The number of carbonyl (C=O) groups excluding carboxylic acids is 1. The zero-order valence-corrected chi connectivity index (χ0v) is 10.4. The number of hydrogen-bond donors (Lipinski definition) is 0. The molecule has 0 amide bonds. The van der Waals surface area contributed by atoms with Crippen molar-refractivity contribution in [3.05, 3.63) is 35.9 Å². The Labute approximate surface area is 102 Å². The summed E-state index contributed by atoms with van der Waals surface area (Å²) in [6.45, 7) is 5.42. The number of ether oxygens (including phenoxy) is 1. The molecule has 1 aliphatic rings. The Balaban J connectivity index is 2.01. The Hall–Kier alpha value is -1.35. The van der Waals surface area contributed by atoms with Crippen molar-refractivity contribution >= 4 is 5.97 Å². The highest BCUT2D eigenvalue weighted by Gasteiger charge is 2.38. The van der Waals surface area contributed by atoms with E-state index in [1.807, 2.05) is 25.1 Å². The van der Waals surface area contributed by atoms with Gasteiger partial charge in [-0.15, -0.1) is 0 Å². The fraction of sp³-hybridized carbons (Fsp3) is 0.500. The fourth-order valence-electron chi connectivity index (χ4n) is 2.29. The molecule has 0 N–H and O–H groups in total. The van der Waals surface area contributed by atoms with Crippen LogP contribution in [-0.4, -0.2) is 30.1 Å². The lowest BCUT2D eigenvalue weighted by Crippen LogP contribution is -2.53. The molecule has 1 fully saturated rings. The van der Waals surface area contributed by atoms with E-state index >= 15 is 0 Å². The quantitative estimate of drug-likeness (QED) is 0.748. The molecule has 1 saturated heterocycles. The van der Waals surface area contributed by atoms with Gasteiger partial charge in [-0.25, -0.2) is 0 Å². The Kier molecular flexibility index (Phi) is 3.79. The van der Waals surface area contributed by atoms with E-state index in [0.717, 1.165) is 13.0 Å². The SMILES string of the molecule is CCOC(=O)C1CCN1C(C)c1ccccc1. The molecule has 1 heterocycles. The molecule has 0 bridgehead atoms. The van der Waals surface area contributed by atoms with Gasteiger partial charge in [-0.1, -0.05) is 30.3 Å². The van der Waals surface area contributed by atoms with Crippen LogP contribution in [0.15, 0.2) is 30.3 Å². The maximum Gasteiger partial charge on any atom is 0.323 e. The van der Waals surface area contributed by atoms with E-state index < -0.39 is 0 Å². The number of rotatable bonds is 4. The van der Waals surface area contributed by atoms with Crippen LogP contribution in [0.3, 0.4) is 0 Å². The monoisotopic (exact) mass is 233 g/mol. The van der Waals surface area contributed by atoms with Crippen LogP contribution in [-0.2, 0) is 9.53 Å². The van der Waals surface area contributed by atoms with Crippen molar-refractivity contribution in [3.63, 3.8) is 0 Å². The summed E-state index contributed by atoms with van der Waals surface area (Å²) in [5.41, 5.74) is 1.25. The second kappa shape index (κ2) is 5.32. The summed E-state index contributed by atoms with van der Waals surface area (Å²) >= 11 is 0. The first-order valence-corrected chi connectivity index (χ1v) is 6.21. The molecule has 3 heteroatoms. The van der Waals surface area contributed by atoms with E-state index in [-0.39, 0.29) is 18.1 Å². The van der Waals surface area contributed by atoms with Crippen molar-refractivity contribution in [2.45, 2.75) is 32.4 Å². The Morgan fingerprint density at radius 2 is 2.18 bits per heavy atom. The van der Waals surface area contributed by atoms with E-state index in [1.165, 1.54) is 5.56 Å². The van der Waals surface area contributed by atoms with Crippen LogP contribution in [0, 0.1) is 0 Å². The standard InChI is InChI=1S/C14H19NO2/c1-3-17-14(16)13-9-10-15(13)11(2)12-7-5-4-6-8-12/h4-8,11,13H,3,9-10H2,1-2H3. The van der Waals surface area contributed by atoms with E-state index in [0.29, 0.717) is 6.61 Å². The third kappa shape index (κ3) is 2.50. The van der Waals surface area contributed by atoms with Gasteiger partial charge in [0.25, 0.3) is 0 Å². The molecule has 0 radical (unpaired) electrons. The van der Waals surface area contributed by atoms with Crippen molar-refractivity contribution in [1.29, 1.82) is 0 Å². The zero-order valence-electron chi connectivity index (χ0n) is 10.4. The molecule has 2 atom stereocenters. The minimum atomic E-state index is -0.0819. The average Bonchev–Trinajstić information content (AvgIpc) is 2.29. The Morgan fingerprint density at radius 1 is 1.47 bits per heavy atom. The van der Waals surface area contributed by atoms with Crippen LogP contribution >= 0.6 is 0 Å². The summed E-state index contributed by atoms with van der Waals surface area (Å²) in [5.74, 6) is -0.0819. The number of nitrogens with zero attached hydrogens (tertiary/aromatic N) is 1. The summed E-state index contributed by atoms with van der Waals surface area (Å²) in [7, 11) is 0. The predicted octanol–water partition coefficient (Wildman–Crippen LogP) is 2.39. The molecule has 1 aromatic rings. The Bertz CT molecular complexity index is 377. The van der Waals surface area contributed by atoms with E-state index in [1.54, 1.807) is 0 Å². The molecule has 2 unspecified atom stereocenters. The van der Waals surface area contributed by atoms with Crippen LogP contribution in [0.1, 0.15) is 31.9 Å². The van der Waals surface area contributed by atoms with Crippen molar-refractivity contribution in [2.24, 2.45) is 0 Å². The van der Waals surface area contributed by atoms with Crippen LogP contribution < -0.4 is 0 Å². The van der Waals surface area contributed by atoms with Crippen molar-refractivity contribution in [3.8, 4) is 0 Å². The third-order valence-corrected chi connectivity index (χ3v) is 3.40. The van der Waals surface area contributed by atoms with Gasteiger partial charge in [0.2, 0.25) is 0 Å². The van der Waals surface area contributed by atoms with Crippen LogP contribution in [0.2, 0.25) is 0 Å². The first-order valence-electron chi connectivity index (χ1n) is 6.21. The molecular formula is C14H19NO2. The molecule has 0 saturated carbocycles. The Morgan fingerprint density at radius 3 is 2.71 bits per heavy atom. The number of likely N-dealkylation sites (tertiary alicyclic amines) is 1. The highest BCUT2D eigenvalue weighted by molar-refractivity contribution is 5.76. The normalized spacial score (nSPS) is 21.6. The molecule has 2 rings (SSSR count). The molecule has 17 heavy (non-hydrogen) atoms. The summed E-state index contributed by atoms with van der Waals surface area (Å²) < 4.78 is 5.08. The zero-order chi connectivity index (χ0) is 12.3. The maximum absolute atomic E-state index is 11.7. The smallest absolute Gasteiger partial charge is 0.323 e. The first kappa shape index (κ1) is 12.1. The lowest BCUT2D eigenvalue weighted by molar-refractivity contribution is -0.156. The summed E-state index contributed by atoms with van der Waals surface area (Å²) in [6.07, 6.45) is 0.913. The lowest BCUT2D eigenvalue weighted by Gasteiger charge is -2.43. The van der Waals surface area contributed by atoms with Crippen molar-refractivity contribution in [1.82, 2.24) is 4.90 Å². The van der Waals surface area contributed by atoms with E-state index in [2.05, 4.69) is 24.0 Å². The topological polar surface area (TPSA) is 29.5 Å². The predicted molar refractivity (Wildman–Crippen MR) is 66.6 cm³/mol. The van der Waals surface area contributed by atoms with Gasteiger partial charge in [0.05, 0.1) is 6.61 Å². The highest BCUT2D eigenvalue weighted by atomic mass is 16.5. The van der Waals surface area contributed by atoms with Crippen LogP contribution in [0.4, 0.5) is 0 Å². The molecule has 0 spiro atoms. The van der Waals surface area contributed by atoms with Gasteiger partial charge in [0, 0.05) is 12.6 Å². The second-order valence-electron chi connectivity index (χ2n) is 4.38. The van der Waals surface area contributed by atoms with Gasteiger partial charge in [-0.3, -0.25) is 9.69 Å². The first-order chi connectivity index (χ1) is 8.24. The van der Waals surface area contributed by atoms with Gasteiger partial charge < -0.3 is 4.74 Å². The molecule has 1 aliphatic heterocycles. The summed E-state index contributed by atoms with van der Waals surface area (Å²) in [5, 5.41) is 0. The minimum Gasteiger partial charge on any atom is -0.465 e. The van der Waals surface area contributed by atoms with Crippen molar-refractivity contribution < 1.29 is 9.53 Å². The van der Waals surface area contributed by atoms with E-state index in [4.69, 9.17) is 4.74 Å². The number of benzene rings is 1. The number of carbonyl (C=O) groups is 1. The molecule has 1 aromatic carbocycles. The van der Waals surface area contributed by atoms with Gasteiger partial charge in [-0.05, 0) is 25.8 Å². The van der Waals surface area contributed by atoms with Gasteiger partial charge in [0.15, 0.2) is 0 Å². The molecule has 0 aliphatic carbocycles. The van der Waals surface area contributed by atoms with E-state index in [9.17, 15) is 4.79 Å². The fourth-order valence-corrected chi connectivity index (χ4v) is 2.29. The van der Waals surface area contributed by atoms with Crippen molar-refractivity contribution in [2.75, 3.05) is 13.2 Å². The highest BCUT2D eigenvalue weighted by Crippen LogP contribution is 2.30. The van der Waals surface area contributed by atoms with Crippen LogP contribution in [0.5, 0.6) is 0 Å².